The minimum atomic E-state index is -0.169. The molecule has 0 atom stereocenters. The van der Waals surface area contributed by atoms with Gasteiger partial charge in [-0.2, -0.15) is 0 Å². The van der Waals surface area contributed by atoms with Crippen LogP contribution >= 0.6 is 11.3 Å². The number of hydrogen-bond donors (Lipinski definition) is 1. The highest BCUT2D eigenvalue weighted by Gasteiger charge is 2.20. The van der Waals surface area contributed by atoms with E-state index in [-0.39, 0.29) is 24.7 Å². The van der Waals surface area contributed by atoms with Gasteiger partial charge in [-0.15, -0.1) is 10.2 Å². The Labute approximate surface area is 135 Å². The van der Waals surface area contributed by atoms with Gasteiger partial charge in [0.05, 0.1) is 0 Å². The Morgan fingerprint density at radius 1 is 1.27 bits per heavy atom. The van der Waals surface area contributed by atoms with E-state index in [0.29, 0.717) is 11.0 Å². The molecule has 0 bridgehead atoms. The monoisotopic (exact) mass is 324 g/mol. The van der Waals surface area contributed by atoms with Crippen LogP contribution < -0.4 is 5.32 Å². The van der Waals surface area contributed by atoms with Crippen molar-refractivity contribution in [2.24, 2.45) is 5.92 Å². The van der Waals surface area contributed by atoms with E-state index in [1.807, 2.05) is 4.90 Å². The molecule has 0 radical (unpaired) electrons. The summed E-state index contributed by atoms with van der Waals surface area (Å²) in [6, 6.07) is 0. The van der Waals surface area contributed by atoms with E-state index in [1.54, 1.807) is 0 Å². The molecule has 1 aliphatic heterocycles. The molecule has 0 spiro atoms. The number of carbonyl (C=O) groups is 2. The van der Waals surface area contributed by atoms with Crippen LogP contribution in [0, 0.1) is 5.92 Å². The number of rotatable bonds is 6. The standard InChI is InChI=1S/C15H24N4O2S/c1-3-4-13-17-18-15(22-13)16-12(20)5-6-14(21)19-9-7-11(2)8-10-19/h11H,3-10H2,1-2H3,(H,16,18,20). The number of aromatic nitrogens is 2. The van der Waals surface area contributed by atoms with E-state index in [0.717, 1.165) is 43.8 Å². The molecular formula is C15H24N4O2S. The van der Waals surface area contributed by atoms with E-state index in [4.69, 9.17) is 0 Å². The summed E-state index contributed by atoms with van der Waals surface area (Å²) in [5.41, 5.74) is 0. The van der Waals surface area contributed by atoms with Crippen LogP contribution in [0.25, 0.3) is 0 Å². The van der Waals surface area contributed by atoms with Crippen LogP contribution in [0.4, 0.5) is 5.13 Å². The van der Waals surface area contributed by atoms with Gasteiger partial charge in [-0.1, -0.05) is 25.2 Å². The van der Waals surface area contributed by atoms with Crippen molar-refractivity contribution in [3.8, 4) is 0 Å². The van der Waals surface area contributed by atoms with Crippen LogP contribution in [0.5, 0.6) is 0 Å². The molecule has 2 rings (SSSR count). The molecule has 6 nitrogen and oxygen atoms in total. The van der Waals surface area contributed by atoms with Crippen molar-refractivity contribution in [3.05, 3.63) is 5.01 Å². The van der Waals surface area contributed by atoms with Crippen LogP contribution in [-0.4, -0.2) is 40.0 Å². The molecule has 2 amide bonds. The highest BCUT2D eigenvalue weighted by molar-refractivity contribution is 7.15. The zero-order valence-corrected chi connectivity index (χ0v) is 14.1. The van der Waals surface area contributed by atoms with Crippen LogP contribution in [0.2, 0.25) is 0 Å². The summed E-state index contributed by atoms with van der Waals surface area (Å²) in [4.78, 5) is 25.8. The first-order chi connectivity index (χ1) is 10.6. The lowest BCUT2D eigenvalue weighted by Crippen LogP contribution is -2.38. The number of carbonyl (C=O) groups excluding carboxylic acids is 2. The fourth-order valence-electron chi connectivity index (χ4n) is 2.44. The Hall–Kier alpha value is -1.50. The molecule has 1 fully saturated rings. The van der Waals surface area contributed by atoms with Gasteiger partial charge >= 0.3 is 0 Å². The molecule has 1 aromatic rings. The van der Waals surface area contributed by atoms with Gasteiger partial charge < -0.3 is 10.2 Å². The molecule has 1 N–H and O–H groups in total. The summed E-state index contributed by atoms with van der Waals surface area (Å²) in [6.45, 7) is 5.92. The van der Waals surface area contributed by atoms with Gasteiger partial charge in [-0.25, -0.2) is 0 Å². The summed E-state index contributed by atoms with van der Waals surface area (Å²) in [5.74, 6) is 0.603. The maximum absolute atomic E-state index is 12.1. The second-order valence-corrected chi connectivity index (χ2v) is 6.92. The third-order valence-corrected chi connectivity index (χ3v) is 4.78. The van der Waals surface area contributed by atoms with Crippen LogP contribution in [0.3, 0.4) is 0 Å². The van der Waals surface area contributed by atoms with Crippen LogP contribution in [-0.2, 0) is 16.0 Å². The third-order valence-electron chi connectivity index (χ3n) is 3.88. The zero-order valence-electron chi connectivity index (χ0n) is 13.3. The minimum absolute atomic E-state index is 0.0750. The van der Waals surface area contributed by atoms with E-state index in [9.17, 15) is 9.59 Å². The van der Waals surface area contributed by atoms with Crippen molar-refractivity contribution in [1.29, 1.82) is 0 Å². The summed E-state index contributed by atoms with van der Waals surface area (Å²) in [7, 11) is 0. The molecule has 22 heavy (non-hydrogen) atoms. The second-order valence-electron chi connectivity index (χ2n) is 5.86. The molecule has 1 aliphatic rings. The summed E-state index contributed by atoms with van der Waals surface area (Å²) in [6.07, 6.45) is 4.46. The average Bonchev–Trinajstić information content (AvgIpc) is 2.93. The maximum atomic E-state index is 12.1. The minimum Gasteiger partial charge on any atom is -0.343 e. The summed E-state index contributed by atoms with van der Waals surface area (Å²) >= 11 is 1.40. The van der Waals surface area contributed by atoms with Crippen molar-refractivity contribution in [3.63, 3.8) is 0 Å². The summed E-state index contributed by atoms with van der Waals surface area (Å²) in [5, 5.41) is 12.1. The topological polar surface area (TPSA) is 75.2 Å². The van der Waals surface area contributed by atoms with Gasteiger partial charge in [0, 0.05) is 32.4 Å². The molecule has 0 saturated carbocycles. The Morgan fingerprint density at radius 3 is 2.68 bits per heavy atom. The number of amides is 2. The van der Waals surface area contributed by atoms with E-state index < -0.39 is 0 Å². The van der Waals surface area contributed by atoms with Crippen molar-refractivity contribution >= 4 is 28.3 Å². The molecule has 122 valence electrons. The highest BCUT2D eigenvalue weighted by Crippen LogP contribution is 2.18. The quantitative estimate of drug-likeness (QED) is 0.872. The number of nitrogens with zero attached hydrogens (tertiary/aromatic N) is 3. The lowest BCUT2D eigenvalue weighted by Gasteiger charge is -2.30. The van der Waals surface area contributed by atoms with Crippen LogP contribution in [0.15, 0.2) is 0 Å². The number of likely N-dealkylation sites (tertiary alicyclic amines) is 1. The van der Waals surface area contributed by atoms with Crippen molar-refractivity contribution in [1.82, 2.24) is 15.1 Å². The van der Waals surface area contributed by atoms with Crippen molar-refractivity contribution < 1.29 is 9.59 Å². The Morgan fingerprint density at radius 2 is 2.00 bits per heavy atom. The van der Waals surface area contributed by atoms with Crippen LogP contribution in [0.1, 0.15) is 51.0 Å². The van der Waals surface area contributed by atoms with Gasteiger partial charge in [0.15, 0.2) is 0 Å². The number of nitrogens with one attached hydrogen (secondary N) is 1. The third kappa shape index (κ3) is 5.05. The average molecular weight is 324 g/mol. The molecular weight excluding hydrogens is 300 g/mol. The number of aryl methyl sites for hydroxylation is 1. The first kappa shape index (κ1) is 16.9. The molecule has 7 heteroatoms. The van der Waals surface area contributed by atoms with Crippen molar-refractivity contribution in [2.45, 2.75) is 52.4 Å². The first-order valence-corrected chi connectivity index (χ1v) is 8.80. The number of piperidine rings is 1. The number of hydrogen-bond acceptors (Lipinski definition) is 5. The number of anilines is 1. The Bertz CT molecular complexity index is 509. The summed E-state index contributed by atoms with van der Waals surface area (Å²) < 4.78 is 0. The maximum Gasteiger partial charge on any atom is 0.226 e. The molecule has 0 unspecified atom stereocenters. The molecule has 0 aliphatic carbocycles. The highest BCUT2D eigenvalue weighted by atomic mass is 32.1. The second kappa shape index (κ2) is 8.22. The fraction of sp³-hybridized carbons (Fsp3) is 0.733. The fourth-order valence-corrected chi connectivity index (χ4v) is 3.29. The molecule has 1 aromatic heterocycles. The van der Waals surface area contributed by atoms with Gasteiger partial charge in [0.1, 0.15) is 5.01 Å². The lowest BCUT2D eigenvalue weighted by atomic mass is 9.99. The van der Waals surface area contributed by atoms with E-state index in [2.05, 4.69) is 29.4 Å². The molecule has 2 heterocycles. The molecule has 1 saturated heterocycles. The normalized spacial score (nSPS) is 15.8. The van der Waals surface area contributed by atoms with Gasteiger partial charge in [-0.3, -0.25) is 9.59 Å². The van der Waals surface area contributed by atoms with Gasteiger partial charge in [-0.05, 0) is 25.2 Å². The van der Waals surface area contributed by atoms with Gasteiger partial charge in [0.2, 0.25) is 16.9 Å². The Kier molecular flexibility index (Phi) is 6.30. The van der Waals surface area contributed by atoms with Gasteiger partial charge in [0.25, 0.3) is 0 Å². The first-order valence-electron chi connectivity index (χ1n) is 7.98. The SMILES string of the molecule is CCCc1nnc(NC(=O)CCC(=O)N2CCC(C)CC2)s1. The zero-order chi connectivity index (χ0) is 15.9. The lowest BCUT2D eigenvalue weighted by molar-refractivity contribution is -0.134. The van der Waals surface area contributed by atoms with E-state index in [1.165, 1.54) is 11.3 Å². The largest absolute Gasteiger partial charge is 0.343 e. The van der Waals surface area contributed by atoms with E-state index >= 15 is 0 Å². The van der Waals surface area contributed by atoms with Crippen molar-refractivity contribution in [2.75, 3.05) is 18.4 Å². The smallest absolute Gasteiger partial charge is 0.226 e. The predicted molar refractivity (Wildman–Crippen MR) is 86.7 cm³/mol. The predicted octanol–water partition coefficient (Wildman–Crippen LogP) is 2.47. The molecule has 0 aromatic carbocycles. The Balaban J connectivity index is 1.71.